The standard InChI is InChI=1S/C19H23N3O3S/c1-13-21-16(12-26-13)11-25-17-5-3-4-15(10-17)19(24)22-8-6-14(7-9-22)18(23)20-2/h3-5,10,12,14H,6-9,11H2,1-2H3,(H,20,23). The Morgan fingerprint density at radius 2 is 2.12 bits per heavy atom. The summed E-state index contributed by atoms with van der Waals surface area (Å²) in [4.78, 5) is 30.6. The van der Waals surface area contributed by atoms with E-state index in [4.69, 9.17) is 4.74 Å². The topological polar surface area (TPSA) is 71.5 Å². The number of nitrogens with one attached hydrogen (secondary N) is 1. The third-order valence-electron chi connectivity index (χ3n) is 4.53. The number of nitrogens with zero attached hydrogens (tertiary/aromatic N) is 2. The summed E-state index contributed by atoms with van der Waals surface area (Å²) in [7, 11) is 1.65. The Balaban J connectivity index is 1.59. The molecule has 2 heterocycles. The lowest BCUT2D eigenvalue weighted by molar-refractivity contribution is -0.125. The zero-order valence-corrected chi connectivity index (χ0v) is 15.8. The molecule has 0 aliphatic carbocycles. The quantitative estimate of drug-likeness (QED) is 0.875. The van der Waals surface area contributed by atoms with Crippen LogP contribution in [-0.2, 0) is 11.4 Å². The number of rotatable bonds is 5. The lowest BCUT2D eigenvalue weighted by Crippen LogP contribution is -2.42. The predicted molar refractivity (Wildman–Crippen MR) is 100 cm³/mol. The number of aryl methyl sites for hydroxylation is 1. The molecule has 0 saturated carbocycles. The van der Waals surface area contributed by atoms with Crippen LogP contribution in [0.3, 0.4) is 0 Å². The number of benzene rings is 1. The third kappa shape index (κ3) is 4.40. The third-order valence-corrected chi connectivity index (χ3v) is 5.36. The minimum atomic E-state index is -0.0182. The molecule has 0 bridgehead atoms. The molecule has 26 heavy (non-hydrogen) atoms. The molecule has 1 saturated heterocycles. The Morgan fingerprint density at radius 3 is 2.77 bits per heavy atom. The average Bonchev–Trinajstić information content (AvgIpc) is 3.11. The average molecular weight is 373 g/mol. The van der Waals surface area contributed by atoms with Crippen molar-refractivity contribution >= 4 is 23.2 Å². The summed E-state index contributed by atoms with van der Waals surface area (Å²) in [5, 5.41) is 5.66. The highest BCUT2D eigenvalue weighted by Gasteiger charge is 2.27. The fraction of sp³-hybridized carbons (Fsp3) is 0.421. The van der Waals surface area contributed by atoms with Crippen LogP contribution in [0.25, 0.3) is 0 Å². The molecule has 3 rings (SSSR count). The first-order chi connectivity index (χ1) is 12.6. The van der Waals surface area contributed by atoms with Gasteiger partial charge in [0.2, 0.25) is 5.91 Å². The summed E-state index contributed by atoms with van der Waals surface area (Å²) >= 11 is 1.59. The summed E-state index contributed by atoms with van der Waals surface area (Å²) in [6.07, 6.45) is 1.40. The number of thiazole rings is 1. The van der Waals surface area contributed by atoms with Crippen molar-refractivity contribution in [2.75, 3.05) is 20.1 Å². The molecular weight excluding hydrogens is 350 g/mol. The van der Waals surface area contributed by atoms with Crippen LogP contribution in [0.15, 0.2) is 29.6 Å². The normalized spacial score (nSPS) is 14.9. The highest BCUT2D eigenvalue weighted by Crippen LogP contribution is 2.21. The van der Waals surface area contributed by atoms with Crippen molar-refractivity contribution in [3.05, 3.63) is 45.9 Å². The number of carbonyl (C=O) groups excluding carboxylic acids is 2. The number of hydrogen-bond acceptors (Lipinski definition) is 5. The lowest BCUT2D eigenvalue weighted by Gasteiger charge is -2.31. The molecule has 0 unspecified atom stereocenters. The number of carbonyl (C=O) groups is 2. The monoisotopic (exact) mass is 373 g/mol. The van der Waals surface area contributed by atoms with Gasteiger partial charge in [-0.1, -0.05) is 6.07 Å². The van der Waals surface area contributed by atoms with E-state index < -0.39 is 0 Å². The molecule has 1 fully saturated rings. The molecule has 2 aromatic rings. The van der Waals surface area contributed by atoms with E-state index in [1.54, 1.807) is 30.5 Å². The van der Waals surface area contributed by atoms with E-state index in [1.165, 1.54) is 0 Å². The van der Waals surface area contributed by atoms with Crippen molar-refractivity contribution in [1.29, 1.82) is 0 Å². The molecule has 0 atom stereocenters. The number of piperidine rings is 1. The summed E-state index contributed by atoms with van der Waals surface area (Å²) in [6, 6.07) is 7.24. The summed E-state index contributed by atoms with van der Waals surface area (Å²) in [5.74, 6) is 0.696. The molecule has 1 aliphatic rings. The van der Waals surface area contributed by atoms with Crippen molar-refractivity contribution in [2.24, 2.45) is 5.92 Å². The maximum absolute atomic E-state index is 12.7. The van der Waals surface area contributed by atoms with Gasteiger partial charge in [0, 0.05) is 37.0 Å². The van der Waals surface area contributed by atoms with Gasteiger partial charge in [0.25, 0.3) is 5.91 Å². The minimum absolute atomic E-state index is 0.000264. The van der Waals surface area contributed by atoms with Crippen LogP contribution in [0.1, 0.15) is 33.9 Å². The van der Waals surface area contributed by atoms with Gasteiger partial charge in [0.1, 0.15) is 12.4 Å². The van der Waals surface area contributed by atoms with Crippen molar-refractivity contribution in [3.8, 4) is 5.75 Å². The Bertz CT molecular complexity index is 782. The first-order valence-electron chi connectivity index (χ1n) is 8.71. The number of ether oxygens (including phenoxy) is 1. The van der Waals surface area contributed by atoms with E-state index in [-0.39, 0.29) is 17.7 Å². The van der Waals surface area contributed by atoms with E-state index >= 15 is 0 Å². The highest BCUT2D eigenvalue weighted by molar-refractivity contribution is 7.09. The molecule has 1 aromatic heterocycles. The van der Waals surface area contributed by atoms with E-state index in [0.29, 0.717) is 43.9 Å². The molecule has 1 aromatic carbocycles. The Morgan fingerprint density at radius 1 is 1.35 bits per heavy atom. The Kier molecular flexibility index (Phi) is 5.88. The van der Waals surface area contributed by atoms with E-state index in [9.17, 15) is 9.59 Å². The Hall–Kier alpha value is -2.41. The molecule has 6 nitrogen and oxygen atoms in total. The van der Waals surface area contributed by atoms with Crippen LogP contribution in [-0.4, -0.2) is 41.8 Å². The summed E-state index contributed by atoms with van der Waals surface area (Å²) < 4.78 is 5.77. The van der Waals surface area contributed by atoms with Crippen LogP contribution in [0, 0.1) is 12.8 Å². The Labute approximate surface area is 157 Å². The van der Waals surface area contributed by atoms with Crippen LogP contribution in [0.4, 0.5) is 0 Å². The molecular formula is C19H23N3O3S. The zero-order chi connectivity index (χ0) is 18.5. The second-order valence-electron chi connectivity index (χ2n) is 6.36. The van der Waals surface area contributed by atoms with Gasteiger partial charge in [-0.25, -0.2) is 4.98 Å². The number of likely N-dealkylation sites (tertiary alicyclic amines) is 1. The SMILES string of the molecule is CNC(=O)C1CCN(C(=O)c2cccc(OCc3csc(C)n3)c2)CC1. The smallest absolute Gasteiger partial charge is 0.253 e. The van der Waals surface area contributed by atoms with Crippen molar-refractivity contribution < 1.29 is 14.3 Å². The van der Waals surface area contributed by atoms with E-state index in [1.807, 2.05) is 29.3 Å². The molecule has 0 radical (unpaired) electrons. The van der Waals surface area contributed by atoms with Crippen LogP contribution in [0.5, 0.6) is 5.75 Å². The van der Waals surface area contributed by atoms with Gasteiger partial charge in [0.05, 0.1) is 10.7 Å². The van der Waals surface area contributed by atoms with Crippen molar-refractivity contribution in [1.82, 2.24) is 15.2 Å². The molecule has 7 heteroatoms. The van der Waals surface area contributed by atoms with Crippen LogP contribution >= 0.6 is 11.3 Å². The van der Waals surface area contributed by atoms with Crippen molar-refractivity contribution in [2.45, 2.75) is 26.4 Å². The highest BCUT2D eigenvalue weighted by atomic mass is 32.1. The van der Waals surface area contributed by atoms with Crippen molar-refractivity contribution in [3.63, 3.8) is 0 Å². The number of amides is 2. The molecule has 138 valence electrons. The van der Waals surface area contributed by atoms with Gasteiger partial charge < -0.3 is 15.0 Å². The molecule has 1 aliphatic heterocycles. The van der Waals surface area contributed by atoms with Crippen LogP contribution in [0.2, 0.25) is 0 Å². The molecule has 1 N–H and O–H groups in total. The van der Waals surface area contributed by atoms with Gasteiger partial charge in [-0.2, -0.15) is 0 Å². The number of hydrogen-bond donors (Lipinski definition) is 1. The maximum Gasteiger partial charge on any atom is 0.253 e. The second kappa shape index (κ2) is 8.31. The predicted octanol–water partition coefficient (Wildman–Crippen LogP) is 2.63. The molecule has 2 amide bonds. The van der Waals surface area contributed by atoms with Crippen LogP contribution < -0.4 is 10.1 Å². The fourth-order valence-electron chi connectivity index (χ4n) is 3.08. The summed E-state index contributed by atoms with van der Waals surface area (Å²) in [5.41, 5.74) is 1.50. The van der Waals surface area contributed by atoms with E-state index in [0.717, 1.165) is 10.7 Å². The largest absolute Gasteiger partial charge is 0.487 e. The number of aromatic nitrogens is 1. The second-order valence-corrected chi connectivity index (χ2v) is 7.42. The van der Waals surface area contributed by atoms with Gasteiger partial charge in [0.15, 0.2) is 0 Å². The minimum Gasteiger partial charge on any atom is -0.487 e. The van der Waals surface area contributed by atoms with Gasteiger partial charge in [-0.05, 0) is 38.0 Å². The fourth-order valence-corrected chi connectivity index (χ4v) is 3.68. The first kappa shape index (κ1) is 18.4. The van der Waals surface area contributed by atoms with Gasteiger partial charge in [-0.3, -0.25) is 9.59 Å². The van der Waals surface area contributed by atoms with Gasteiger partial charge >= 0.3 is 0 Å². The van der Waals surface area contributed by atoms with E-state index in [2.05, 4.69) is 10.3 Å². The first-order valence-corrected chi connectivity index (χ1v) is 9.59. The maximum atomic E-state index is 12.7. The molecule has 0 spiro atoms. The lowest BCUT2D eigenvalue weighted by atomic mass is 9.95. The summed E-state index contributed by atoms with van der Waals surface area (Å²) in [6.45, 7) is 3.54. The zero-order valence-electron chi connectivity index (χ0n) is 15.0. The van der Waals surface area contributed by atoms with Gasteiger partial charge in [-0.15, -0.1) is 11.3 Å².